The highest BCUT2D eigenvalue weighted by atomic mass is 31.2. The van der Waals surface area contributed by atoms with Crippen LogP contribution < -0.4 is 4.52 Å². The van der Waals surface area contributed by atoms with Gasteiger partial charge in [-0.25, -0.2) is 0 Å². The van der Waals surface area contributed by atoms with Crippen LogP contribution in [0.3, 0.4) is 0 Å². The third-order valence-corrected chi connectivity index (χ3v) is 12.4. The molecule has 0 radical (unpaired) electrons. The van der Waals surface area contributed by atoms with Gasteiger partial charge < -0.3 is 14.3 Å². The molecule has 0 fully saturated rings. The lowest BCUT2D eigenvalue weighted by atomic mass is 9.68. The Morgan fingerprint density at radius 3 is 1.28 bits per heavy atom. The topological polar surface area (TPSA) is 49.7 Å². The molecule has 0 saturated heterocycles. The van der Waals surface area contributed by atoms with E-state index in [4.69, 9.17) is 4.52 Å². The molecule has 2 N–H and O–H groups in total. The molecule has 0 spiro atoms. The first kappa shape index (κ1) is 39.3. The molecule has 0 aliphatic heterocycles. The van der Waals surface area contributed by atoms with E-state index >= 15 is 0 Å². The van der Waals surface area contributed by atoms with Gasteiger partial charge in [-0.05, 0) is 110 Å². The highest BCUT2D eigenvalue weighted by molar-refractivity contribution is 7.39. The smallest absolute Gasteiger partial charge is 0.391 e. The van der Waals surface area contributed by atoms with Gasteiger partial charge in [-0.3, -0.25) is 0 Å². The van der Waals surface area contributed by atoms with E-state index in [0.29, 0.717) is 5.75 Å². The Morgan fingerprint density at radius 1 is 0.489 bits per heavy atom. The van der Waals surface area contributed by atoms with Gasteiger partial charge in [-0.1, -0.05) is 146 Å². The van der Waals surface area contributed by atoms with Crippen LogP contribution in [0.4, 0.5) is 0 Å². The predicted octanol–water partition coefficient (Wildman–Crippen LogP) is 13.0. The molecule has 3 rings (SSSR count). The summed E-state index contributed by atoms with van der Waals surface area (Å²) in [6.45, 7) is 34.6. The zero-order valence-corrected chi connectivity index (χ0v) is 33.3. The predicted molar refractivity (Wildman–Crippen MR) is 206 cm³/mol. The van der Waals surface area contributed by atoms with Crippen LogP contribution >= 0.6 is 8.60 Å². The van der Waals surface area contributed by atoms with E-state index in [0.717, 1.165) is 43.2 Å². The van der Waals surface area contributed by atoms with E-state index in [2.05, 4.69) is 146 Å². The van der Waals surface area contributed by atoms with Crippen LogP contribution in [0.5, 0.6) is 5.75 Å². The molecule has 0 aliphatic rings. The summed E-state index contributed by atoms with van der Waals surface area (Å²) in [4.78, 5) is 20.4. The van der Waals surface area contributed by atoms with Crippen LogP contribution in [0.15, 0.2) is 48.5 Å². The Bertz CT molecular complexity index is 1540. The van der Waals surface area contributed by atoms with Gasteiger partial charge in [-0.15, -0.1) is 0 Å². The first-order chi connectivity index (χ1) is 21.6. The Labute approximate surface area is 289 Å². The molecule has 0 saturated carbocycles. The standard InChI is InChI=1S/C43H65O3P/c1-16-39(6,7)29-21-23-31(34(27-29)41(10,11)18-3)32-25-26-36(46-47(44)45)38(43(14,15)20-5)37(32)33-24-22-30(40(8,9)17-2)28-35(33)42(12,13)19-4/h21-28,44-45H,16-20H2,1-15H3. The van der Waals surface area contributed by atoms with Crippen molar-refractivity contribution in [2.75, 3.05) is 0 Å². The van der Waals surface area contributed by atoms with E-state index in [1.165, 1.54) is 38.9 Å². The number of rotatable bonds is 14. The van der Waals surface area contributed by atoms with Crippen LogP contribution in [0.25, 0.3) is 22.3 Å². The van der Waals surface area contributed by atoms with E-state index in [9.17, 15) is 9.79 Å². The molecule has 0 unspecified atom stereocenters. The summed E-state index contributed by atoms with van der Waals surface area (Å²) in [5, 5.41) is 0. The third kappa shape index (κ3) is 8.01. The second-order valence-electron chi connectivity index (χ2n) is 16.9. The van der Waals surface area contributed by atoms with Gasteiger partial charge in [0.05, 0.1) is 0 Å². The summed E-state index contributed by atoms with van der Waals surface area (Å²) < 4.78 is 5.91. The quantitative estimate of drug-likeness (QED) is 0.169. The average molecular weight is 661 g/mol. The van der Waals surface area contributed by atoms with Crippen molar-refractivity contribution >= 4 is 8.60 Å². The maximum Gasteiger partial charge on any atom is 0.391 e. The first-order valence-electron chi connectivity index (χ1n) is 18.0. The van der Waals surface area contributed by atoms with Crippen molar-refractivity contribution in [3.05, 3.63) is 76.3 Å². The first-order valence-corrected chi connectivity index (χ1v) is 19.1. The molecule has 0 amide bonds. The Hall–Kier alpha value is -2.19. The molecule has 0 bridgehead atoms. The fraction of sp³-hybridized carbons (Fsp3) is 0.581. The minimum absolute atomic E-state index is 0.0419. The van der Waals surface area contributed by atoms with Crippen molar-refractivity contribution in [2.45, 2.75) is 163 Å². The maximum absolute atomic E-state index is 10.2. The largest absolute Gasteiger partial charge is 0.427 e. The lowest BCUT2D eigenvalue weighted by Gasteiger charge is -2.36. The van der Waals surface area contributed by atoms with Crippen molar-refractivity contribution < 1.29 is 14.3 Å². The fourth-order valence-corrected chi connectivity index (χ4v) is 6.72. The Kier molecular flexibility index (Phi) is 12.0. The fourth-order valence-electron chi connectivity index (χ4n) is 6.39. The maximum atomic E-state index is 10.2. The molecule has 0 atom stereocenters. The summed E-state index contributed by atoms with van der Waals surface area (Å²) >= 11 is 0. The van der Waals surface area contributed by atoms with E-state index in [1.807, 2.05) is 6.07 Å². The summed E-state index contributed by atoms with van der Waals surface area (Å²) in [5.74, 6) is 0.546. The van der Waals surface area contributed by atoms with Gasteiger partial charge in [0.15, 0.2) is 0 Å². The second kappa shape index (κ2) is 14.3. The molecule has 4 heteroatoms. The lowest BCUT2D eigenvalue weighted by molar-refractivity contribution is 0.367. The minimum Gasteiger partial charge on any atom is -0.427 e. The number of hydrogen-bond donors (Lipinski definition) is 2. The summed E-state index contributed by atoms with van der Waals surface area (Å²) in [6.07, 6.45) is 4.97. The van der Waals surface area contributed by atoms with Gasteiger partial charge in [0.1, 0.15) is 5.75 Å². The zero-order chi connectivity index (χ0) is 35.8. The normalized spacial score (nSPS) is 13.4. The Balaban J connectivity index is 2.70. The highest BCUT2D eigenvalue weighted by Gasteiger charge is 2.35. The molecule has 3 nitrogen and oxygen atoms in total. The van der Waals surface area contributed by atoms with Crippen molar-refractivity contribution in [2.24, 2.45) is 0 Å². The lowest BCUT2D eigenvalue weighted by Crippen LogP contribution is -2.24. The van der Waals surface area contributed by atoms with Gasteiger partial charge in [0.25, 0.3) is 0 Å². The second-order valence-corrected chi connectivity index (χ2v) is 17.6. The third-order valence-electron chi connectivity index (χ3n) is 12.1. The molecule has 3 aromatic carbocycles. The summed E-state index contributed by atoms with van der Waals surface area (Å²) in [5.41, 5.74) is 10.8. The van der Waals surface area contributed by atoms with Crippen molar-refractivity contribution in [3.8, 4) is 28.0 Å². The van der Waals surface area contributed by atoms with Crippen molar-refractivity contribution in [1.82, 2.24) is 0 Å². The summed E-state index contributed by atoms with van der Waals surface area (Å²) in [6, 6.07) is 18.4. The average Bonchev–Trinajstić information content (AvgIpc) is 3.03. The molecule has 47 heavy (non-hydrogen) atoms. The van der Waals surface area contributed by atoms with Crippen molar-refractivity contribution in [3.63, 3.8) is 0 Å². The monoisotopic (exact) mass is 660 g/mol. The van der Waals surface area contributed by atoms with E-state index in [-0.39, 0.29) is 27.1 Å². The van der Waals surface area contributed by atoms with Crippen LogP contribution in [-0.2, 0) is 27.1 Å². The molecule has 0 aliphatic carbocycles. The molecule has 0 aromatic heterocycles. The molecular formula is C43H65O3P. The Morgan fingerprint density at radius 2 is 0.872 bits per heavy atom. The van der Waals surface area contributed by atoms with Gasteiger partial charge in [-0.2, -0.15) is 0 Å². The number of hydrogen-bond acceptors (Lipinski definition) is 3. The van der Waals surface area contributed by atoms with Crippen molar-refractivity contribution in [1.29, 1.82) is 0 Å². The van der Waals surface area contributed by atoms with Crippen LogP contribution in [0, 0.1) is 0 Å². The van der Waals surface area contributed by atoms with Gasteiger partial charge in [0, 0.05) is 5.56 Å². The molecule has 260 valence electrons. The van der Waals surface area contributed by atoms with Crippen LogP contribution in [0.1, 0.15) is 164 Å². The van der Waals surface area contributed by atoms with E-state index in [1.54, 1.807) is 0 Å². The van der Waals surface area contributed by atoms with Crippen LogP contribution in [-0.4, -0.2) is 9.79 Å². The number of benzene rings is 3. The van der Waals surface area contributed by atoms with Gasteiger partial charge in [0.2, 0.25) is 0 Å². The molecule has 3 aromatic rings. The molecular weight excluding hydrogens is 595 g/mol. The van der Waals surface area contributed by atoms with Crippen LogP contribution in [0.2, 0.25) is 0 Å². The zero-order valence-electron chi connectivity index (χ0n) is 32.4. The summed E-state index contributed by atoms with van der Waals surface area (Å²) in [7, 11) is -2.59. The minimum atomic E-state index is -2.59. The van der Waals surface area contributed by atoms with E-state index < -0.39 is 8.60 Å². The SMILES string of the molecule is CCC(C)(C)c1ccc(-c2ccc(OP(O)O)c(C(C)(C)CC)c2-c2ccc(C(C)(C)CC)cc2C(C)(C)CC)c(C(C)(C)CC)c1. The molecule has 0 heterocycles. The highest BCUT2D eigenvalue weighted by Crippen LogP contribution is 2.53. The van der Waals surface area contributed by atoms with Gasteiger partial charge >= 0.3 is 8.60 Å².